The molecule has 0 aliphatic heterocycles. The molecular weight excluding hydrogens is 227 g/mol. The standard InChI is InChI=1S/C8H18O2Si.2ClH/c1-3-5-7-9-11-10-8-6-4-2;;/h3-8H2,1-2H3;2*1H. The van der Waals surface area contributed by atoms with Crippen molar-refractivity contribution < 1.29 is 8.85 Å². The van der Waals surface area contributed by atoms with E-state index in [1.165, 1.54) is 12.8 Å². The minimum atomic E-state index is 0. The highest BCUT2D eigenvalue weighted by atomic mass is 35.5. The summed E-state index contributed by atoms with van der Waals surface area (Å²) < 4.78 is 10.5. The molecule has 0 fully saturated rings. The maximum atomic E-state index is 5.23. The van der Waals surface area contributed by atoms with Crippen LogP contribution in [0, 0.1) is 0 Å². The Morgan fingerprint density at radius 1 is 0.846 bits per heavy atom. The summed E-state index contributed by atoms with van der Waals surface area (Å²) in [6.45, 7) is 6.01. The van der Waals surface area contributed by atoms with Crippen molar-refractivity contribution in [2.45, 2.75) is 39.5 Å². The Kier molecular flexibility index (Phi) is 27.5. The number of rotatable bonds is 8. The third kappa shape index (κ3) is 19.2. The highest BCUT2D eigenvalue weighted by Crippen LogP contribution is 1.89. The van der Waals surface area contributed by atoms with Crippen molar-refractivity contribution in [3.63, 3.8) is 0 Å². The molecule has 0 aromatic rings. The van der Waals surface area contributed by atoms with Crippen LogP contribution >= 0.6 is 24.8 Å². The minimum Gasteiger partial charge on any atom is -0.393 e. The molecule has 0 amide bonds. The molecule has 0 N–H and O–H groups in total. The number of halogens is 2. The molecule has 0 saturated heterocycles. The minimum absolute atomic E-state index is 0. The Morgan fingerprint density at radius 3 is 1.54 bits per heavy atom. The van der Waals surface area contributed by atoms with Gasteiger partial charge < -0.3 is 8.85 Å². The predicted octanol–water partition coefficient (Wildman–Crippen LogP) is 3.00. The summed E-state index contributed by atoms with van der Waals surface area (Å²) in [7, 11) is 0.252. The summed E-state index contributed by atoms with van der Waals surface area (Å²) in [5, 5.41) is 0. The van der Waals surface area contributed by atoms with Gasteiger partial charge in [0.15, 0.2) is 0 Å². The van der Waals surface area contributed by atoms with Gasteiger partial charge in [-0.3, -0.25) is 0 Å². The van der Waals surface area contributed by atoms with Crippen molar-refractivity contribution in [3.05, 3.63) is 0 Å². The van der Waals surface area contributed by atoms with Crippen molar-refractivity contribution in [1.82, 2.24) is 0 Å². The van der Waals surface area contributed by atoms with Gasteiger partial charge in [-0.15, -0.1) is 24.8 Å². The molecule has 82 valence electrons. The summed E-state index contributed by atoms with van der Waals surface area (Å²) in [4.78, 5) is 0. The third-order valence-corrected chi connectivity index (χ3v) is 1.96. The van der Waals surface area contributed by atoms with Crippen LogP contribution in [0.1, 0.15) is 39.5 Å². The molecule has 0 aromatic carbocycles. The van der Waals surface area contributed by atoms with Gasteiger partial charge in [0.25, 0.3) is 0 Å². The van der Waals surface area contributed by atoms with Crippen LogP contribution in [0.2, 0.25) is 0 Å². The molecule has 0 bridgehead atoms. The van der Waals surface area contributed by atoms with Gasteiger partial charge in [-0.05, 0) is 12.8 Å². The van der Waals surface area contributed by atoms with Gasteiger partial charge in [-0.1, -0.05) is 26.7 Å². The van der Waals surface area contributed by atoms with Crippen LogP contribution in [0.4, 0.5) is 0 Å². The van der Waals surface area contributed by atoms with Gasteiger partial charge in [-0.25, -0.2) is 0 Å². The van der Waals surface area contributed by atoms with E-state index in [2.05, 4.69) is 13.8 Å². The fourth-order valence-corrected chi connectivity index (χ4v) is 1.10. The Bertz CT molecular complexity index is 69.2. The van der Waals surface area contributed by atoms with E-state index in [1.54, 1.807) is 0 Å². The van der Waals surface area contributed by atoms with Crippen molar-refractivity contribution in [3.8, 4) is 0 Å². The number of unbranched alkanes of at least 4 members (excludes halogenated alkanes) is 2. The van der Waals surface area contributed by atoms with Gasteiger partial charge in [-0.2, -0.15) is 0 Å². The summed E-state index contributed by atoms with van der Waals surface area (Å²) >= 11 is 0. The summed E-state index contributed by atoms with van der Waals surface area (Å²) in [6.07, 6.45) is 4.67. The molecule has 2 radical (unpaired) electrons. The van der Waals surface area contributed by atoms with E-state index in [1.807, 2.05) is 0 Å². The molecule has 0 rings (SSSR count). The molecule has 2 nitrogen and oxygen atoms in total. The zero-order valence-corrected chi connectivity index (χ0v) is 11.0. The second-order valence-electron chi connectivity index (χ2n) is 2.49. The van der Waals surface area contributed by atoms with Crippen LogP contribution in [0.15, 0.2) is 0 Å². The Balaban J connectivity index is -0.000000500. The lowest BCUT2D eigenvalue weighted by molar-refractivity contribution is 0.216. The van der Waals surface area contributed by atoms with Crippen LogP contribution in [0.25, 0.3) is 0 Å². The van der Waals surface area contributed by atoms with Gasteiger partial charge in [0.2, 0.25) is 0 Å². The van der Waals surface area contributed by atoms with E-state index < -0.39 is 0 Å². The van der Waals surface area contributed by atoms with Crippen LogP contribution in [-0.2, 0) is 8.85 Å². The molecular formula is C8H20Cl2O2Si. The SMILES string of the molecule is CCCCO[Si]OCCCC.Cl.Cl. The first-order chi connectivity index (χ1) is 5.41. The molecule has 0 aliphatic rings. The molecule has 13 heavy (non-hydrogen) atoms. The first-order valence-electron chi connectivity index (χ1n) is 4.40. The molecule has 0 spiro atoms. The highest BCUT2D eigenvalue weighted by molar-refractivity contribution is 6.17. The Labute approximate surface area is 96.6 Å². The van der Waals surface area contributed by atoms with Gasteiger partial charge >= 0.3 is 10.0 Å². The third-order valence-electron chi connectivity index (χ3n) is 1.32. The van der Waals surface area contributed by atoms with Crippen molar-refractivity contribution in [1.29, 1.82) is 0 Å². The maximum Gasteiger partial charge on any atom is 0.433 e. The van der Waals surface area contributed by atoms with Crippen LogP contribution in [-0.4, -0.2) is 23.2 Å². The van der Waals surface area contributed by atoms with E-state index in [0.717, 1.165) is 26.1 Å². The van der Waals surface area contributed by atoms with Gasteiger partial charge in [0, 0.05) is 13.2 Å². The van der Waals surface area contributed by atoms with Crippen LogP contribution < -0.4 is 0 Å². The van der Waals surface area contributed by atoms with Crippen molar-refractivity contribution >= 4 is 34.8 Å². The fourth-order valence-electron chi connectivity index (χ4n) is 0.558. The van der Waals surface area contributed by atoms with Crippen LogP contribution in [0.5, 0.6) is 0 Å². The normalized spacial score (nSPS) is 8.77. The monoisotopic (exact) mass is 246 g/mol. The average Bonchev–Trinajstić information content (AvgIpc) is 2.03. The maximum absolute atomic E-state index is 5.23. The fraction of sp³-hybridized carbons (Fsp3) is 1.00. The number of hydrogen-bond donors (Lipinski definition) is 0. The molecule has 0 aliphatic carbocycles. The van der Waals surface area contributed by atoms with Crippen molar-refractivity contribution in [2.24, 2.45) is 0 Å². The molecule has 0 atom stereocenters. The molecule has 0 saturated carbocycles. The topological polar surface area (TPSA) is 18.5 Å². The van der Waals surface area contributed by atoms with Gasteiger partial charge in [0.1, 0.15) is 0 Å². The molecule has 5 heteroatoms. The van der Waals surface area contributed by atoms with E-state index in [0.29, 0.717) is 0 Å². The summed E-state index contributed by atoms with van der Waals surface area (Å²) in [6, 6.07) is 0. The van der Waals surface area contributed by atoms with Crippen LogP contribution in [0.3, 0.4) is 0 Å². The highest BCUT2D eigenvalue weighted by Gasteiger charge is 1.91. The average molecular weight is 247 g/mol. The van der Waals surface area contributed by atoms with E-state index in [4.69, 9.17) is 8.85 Å². The molecule has 0 unspecified atom stereocenters. The predicted molar refractivity (Wildman–Crippen MR) is 62.0 cm³/mol. The van der Waals surface area contributed by atoms with E-state index >= 15 is 0 Å². The lowest BCUT2D eigenvalue weighted by Gasteiger charge is -2.01. The second-order valence-corrected chi connectivity index (χ2v) is 3.23. The quantitative estimate of drug-likeness (QED) is 0.485. The van der Waals surface area contributed by atoms with E-state index in [9.17, 15) is 0 Å². The van der Waals surface area contributed by atoms with Crippen molar-refractivity contribution in [2.75, 3.05) is 13.2 Å². The smallest absolute Gasteiger partial charge is 0.393 e. The first kappa shape index (κ1) is 19.3. The largest absolute Gasteiger partial charge is 0.433 e. The number of hydrogen-bond acceptors (Lipinski definition) is 2. The van der Waals surface area contributed by atoms with E-state index in [-0.39, 0.29) is 34.8 Å². The summed E-state index contributed by atoms with van der Waals surface area (Å²) in [5.41, 5.74) is 0. The second kappa shape index (κ2) is 18.5. The molecule has 0 heterocycles. The summed E-state index contributed by atoms with van der Waals surface area (Å²) in [5.74, 6) is 0. The first-order valence-corrected chi connectivity index (χ1v) is 5.22. The zero-order valence-electron chi connectivity index (χ0n) is 8.38. The lowest BCUT2D eigenvalue weighted by Crippen LogP contribution is -2.06. The zero-order chi connectivity index (χ0) is 8.36. The Morgan fingerprint density at radius 2 is 1.23 bits per heavy atom. The lowest BCUT2D eigenvalue weighted by atomic mass is 10.4. The molecule has 0 aromatic heterocycles. The van der Waals surface area contributed by atoms with Gasteiger partial charge in [0.05, 0.1) is 0 Å². The Hall–Kier alpha value is 0.717.